The Bertz CT molecular complexity index is 3410. The Kier molecular flexibility index (Phi) is 7.28. The first-order valence-electron chi connectivity index (χ1n) is 24.4. The molecule has 0 amide bonds. The summed E-state index contributed by atoms with van der Waals surface area (Å²) in [6, 6.07) is 36.8. The van der Waals surface area contributed by atoms with E-state index in [4.69, 9.17) is 20.7 Å². The number of para-hydroxylation sites is 1. The fraction of sp³-hybridized carbons (Fsp3) is 0.236. The lowest BCUT2D eigenvalue weighted by Gasteiger charge is -2.24. The van der Waals surface area contributed by atoms with Crippen LogP contribution in [0.15, 0.2) is 146 Å². The third-order valence-corrected chi connectivity index (χ3v) is 11.3. The largest absolute Gasteiger partial charge is 0.503 e. The molecule has 8 aromatic rings. The fourth-order valence-corrected chi connectivity index (χ4v) is 7.83. The molecule has 0 bridgehead atoms. The number of fused-ring (bicyclic) bond motifs is 4. The Hall–Kier alpha value is -6.55. The van der Waals surface area contributed by atoms with Crippen molar-refractivity contribution in [3.05, 3.63) is 168 Å². The van der Waals surface area contributed by atoms with E-state index in [1.807, 2.05) is 80.4 Å². The standard InChI is InChI=1S/C55H54N4O/c1-36-16-14-21-48-52(36)58(43-30-40(54(5,6)7)29-41(31-43)55(8,9)10)35-57(48)42-19-15-20-44(33-42)60-45-23-25-47-46-24-22-38(37-17-12-11-13-18-37)28-49(46)59(50(47)34-45)51-32-39(26-27-56-51)53(2,3)4/h11-34H,1-10H3/q+2/i1D3,11D,12D,13D,17D,18D. The molecule has 3 heterocycles. The molecule has 0 saturated heterocycles. The van der Waals surface area contributed by atoms with Crippen LogP contribution in [0.2, 0.25) is 0 Å². The molecule has 1 aliphatic rings. The molecule has 0 fully saturated rings. The molecule has 9 rings (SSSR count). The van der Waals surface area contributed by atoms with E-state index in [1.54, 1.807) is 24.4 Å². The van der Waals surface area contributed by atoms with Gasteiger partial charge in [0.25, 0.3) is 5.69 Å². The van der Waals surface area contributed by atoms with Gasteiger partial charge < -0.3 is 4.74 Å². The van der Waals surface area contributed by atoms with Gasteiger partial charge in [-0.05, 0) is 96.5 Å². The highest BCUT2D eigenvalue weighted by Crippen LogP contribution is 2.42. The van der Waals surface area contributed by atoms with E-state index in [9.17, 15) is 0 Å². The zero-order valence-corrected chi connectivity index (χ0v) is 35.7. The van der Waals surface area contributed by atoms with Gasteiger partial charge in [0.2, 0.25) is 11.4 Å². The lowest BCUT2D eigenvalue weighted by atomic mass is 9.80. The van der Waals surface area contributed by atoms with Crippen LogP contribution in [0.25, 0.3) is 38.8 Å². The van der Waals surface area contributed by atoms with Crippen molar-refractivity contribution in [3.8, 4) is 28.4 Å². The highest BCUT2D eigenvalue weighted by molar-refractivity contribution is 6.10. The number of pyridine rings is 1. The molecule has 0 spiro atoms. The summed E-state index contributed by atoms with van der Waals surface area (Å²) in [6.45, 7) is 17.1. The Balaban J connectivity index is 1.20. The summed E-state index contributed by atoms with van der Waals surface area (Å²) in [5.41, 5.74) is 7.92. The summed E-state index contributed by atoms with van der Waals surface area (Å²) >= 11 is 0. The zero-order valence-electron chi connectivity index (χ0n) is 43.7. The Morgan fingerprint density at radius 1 is 0.600 bits per heavy atom. The van der Waals surface area contributed by atoms with E-state index in [-0.39, 0.29) is 39.5 Å². The molecule has 0 atom stereocenters. The van der Waals surface area contributed by atoms with Crippen LogP contribution in [0.4, 0.5) is 22.7 Å². The van der Waals surface area contributed by atoms with Crippen LogP contribution in [-0.4, -0.2) is 15.6 Å². The molecule has 60 heavy (non-hydrogen) atoms. The van der Waals surface area contributed by atoms with Gasteiger partial charge in [-0.25, -0.2) is 4.98 Å². The number of aryl methyl sites for hydroxylation is 1. The van der Waals surface area contributed by atoms with E-state index >= 15 is 0 Å². The van der Waals surface area contributed by atoms with Crippen molar-refractivity contribution in [1.82, 2.24) is 18.7 Å². The first-order chi connectivity index (χ1) is 31.8. The quantitative estimate of drug-likeness (QED) is 0.157. The monoisotopic (exact) mass is 794 g/mol. The zero-order chi connectivity index (χ0) is 49.0. The van der Waals surface area contributed by atoms with Crippen LogP contribution >= 0.6 is 0 Å². The Morgan fingerprint density at radius 2 is 1.27 bits per heavy atom. The minimum atomic E-state index is -2.40. The predicted molar refractivity (Wildman–Crippen MR) is 252 cm³/mol. The molecular formula is C55H54N4O+2. The molecule has 0 saturated carbocycles. The van der Waals surface area contributed by atoms with E-state index < -0.39 is 25.0 Å². The molecule has 5 heteroatoms. The van der Waals surface area contributed by atoms with Crippen LogP contribution < -0.4 is 13.9 Å². The summed E-state index contributed by atoms with van der Waals surface area (Å²) in [7, 11) is 0. The van der Waals surface area contributed by atoms with Crippen molar-refractivity contribution in [2.75, 3.05) is 0 Å². The molecule has 0 aliphatic carbocycles. The SMILES string of the molecule is [2H]c1c([2H])c([2H])c(-c2ccc3c4ccc(Oc5cccc([N+]6=C=[N+](c7cc(C(C)(C)C)cc(C(C)(C)C)c7)c7c6cccc7C([2H])([2H])[2H])c5)cc4n(-c4cc(C(C)(C)C)ccn4)c3c2)c([2H])c1[2H]. The van der Waals surface area contributed by atoms with E-state index in [0.29, 0.717) is 34.3 Å². The van der Waals surface area contributed by atoms with Crippen molar-refractivity contribution in [1.29, 1.82) is 0 Å². The van der Waals surface area contributed by atoms with Crippen LogP contribution in [-0.2, 0) is 16.2 Å². The van der Waals surface area contributed by atoms with Gasteiger partial charge in [0.15, 0.2) is 0 Å². The number of rotatable bonds is 6. The van der Waals surface area contributed by atoms with E-state index in [0.717, 1.165) is 49.9 Å². The van der Waals surface area contributed by atoms with Gasteiger partial charge in [0, 0.05) is 57.0 Å². The van der Waals surface area contributed by atoms with Crippen molar-refractivity contribution in [2.24, 2.45) is 0 Å². The summed E-state index contributed by atoms with van der Waals surface area (Å²) in [4.78, 5) is 4.85. The number of benzene rings is 6. The smallest absolute Gasteiger partial charge is 0.457 e. The van der Waals surface area contributed by atoms with Crippen molar-refractivity contribution in [2.45, 2.75) is 85.4 Å². The summed E-state index contributed by atoms with van der Waals surface area (Å²) in [5.74, 6) is 1.74. The summed E-state index contributed by atoms with van der Waals surface area (Å²) in [6.07, 6.45) is 1.79. The lowest BCUT2D eigenvalue weighted by molar-refractivity contribution is 0.483. The first-order valence-corrected chi connectivity index (χ1v) is 20.4. The van der Waals surface area contributed by atoms with Gasteiger partial charge in [0.1, 0.15) is 17.3 Å². The molecule has 1 aliphatic heterocycles. The van der Waals surface area contributed by atoms with Gasteiger partial charge >= 0.3 is 11.7 Å². The predicted octanol–water partition coefficient (Wildman–Crippen LogP) is 14.7. The van der Waals surface area contributed by atoms with Crippen LogP contribution in [0.3, 0.4) is 0 Å². The van der Waals surface area contributed by atoms with Crippen molar-refractivity contribution < 1.29 is 15.7 Å². The third kappa shape index (κ3) is 7.14. The number of hydrogen-bond donors (Lipinski definition) is 0. The first kappa shape index (κ1) is 30.5. The molecule has 298 valence electrons. The van der Waals surface area contributed by atoms with Gasteiger partial charge in [-0.1, -0.05) is 129 Å². The Labute approximate surface area is 365 Å². The summed E-state index contributed by atoms with van der Waals surface area (Å²) in [5, 5.41) is 1.79. The molecule has 0 N–H and O–H groups in total. The van der Waals surface area contributed by atoms with Crippen molar-refractivity contribution in [3.63, 3.8) is 0 Å². The van der Waals surface area contributed by atoms with Crippen LogP contribution in [0, 0.1) is 6.85 Å². The Morgan fingerprint density at radius 3 is 1.97 bits per heavy atom. The molecule has 5 nitrogen and oxygen atoms in total. The minimum absolute atomic E-state index is 0.121. The molecule has 6 aromatic carbocycles. The minimum Gasteiger partial charge on any atom is -0.457 e. The maximum Gasteiger partial charge on any atom is 0.503 e. The van der Waals surface area contributed by atoms with Gasteiger partial charge in [-0.15, -0.1) is 0 Å². The normalized spacial score (nSPS) is 15.2. The van der Waals surface area contributed by atoms with Gasteiger partial charge in [-0.3, -0.25) is 4.57 Å². The number of nitrogens with zero attached hydrogens (tertiary/aromatic N) is 4. The van der Waals surface area contributed by atoms with Gasteiger partial charge in [-0.2, -0.15) is 0 Å². The highest BCUT2D eigenvalue weighted by Gasteiger charge is 2.39. The van der Waals surface area contributed by atoms with Crippen molar-refractivity contribution >= 4 is 50.6 Å². The molecular weight excluding hydrogens is 733 g/mol. The van der Waals surface area contributed by atoms with E-state index in [2.05, 4.69) is 92.6 Å². The maximum absolute atomic E-state index is 8.74. The average Bonchev–Trinajstić information content (AvgIpc) is 3.82. The second-order valence-corrected chi connectivity index (χ2v) is 18.7. The van der Waals surface area contributed by atoms with E-state index in [1.165, 1.54) is 0 Å². The summed E-state index contributed by atoms with van der Waals surface area (Å²) < 4.78 is 80.7. The van der Waals surface area contributed by atoms with Crippen LogP contribution in [0.1, 0.15) is 95.5 Å². The second kappa shape index (κ2) is 14.3. The average molecular weight is 795 g/mol. The third-order valence-electron chi connectivity index (χ3n) is 11.3. The van der Waals surface area contributed by atoms with Gasteiger partial charge in [0.05, 0.1) is 24.0 Å². The topological polar surface area (TPSA) is 33.1 Å². The number of hydrogen-bond acceptors (Lipinski definition) is 2. The maximum atomic E-state index is 8.74. The van der Waals surface area contributed by atoms with Crippen LogP contribution in [0.5, 0.6) is 11.5 Å². The second-order valence-electron chi connectivity index (χ2n) is 18.7. The fourth-order valence-electron chi connectivity index (χ4n) is 7.83. The molecule has 0 radical (unpaired) electrons. The molecule has 0 unspecified atom stereocenters. The number of ether oxygens (including phenoxy) is 1. The number of aromatic nitrogens is 2. The highest BCUT2D eigenvalue weighted by atomic mass is 16.5. The molecule has 2 aromatic heterocycles. The lowest BCUT2D eigenvalue weighted by Crippen LogP contribution is -2.17.